The fourth-order valence-electron chi connectivity index (χ4n) is 2.80. The van der Waals surface area contributed by atoms with Gasteiger partial charge in [-0.1, -0.05) is 13.8 Å². The Hall–Kier alpha value is -0.800. The van der Waals surface area contributed by atoms with Gasteiger partial charge in [0.1, 0.15) is 5.76 Å². The fourth-order valence-corrected chi connectivity index (χ4v) is 2.80. The molecule has 0 amide bonds. The Bertz CT molecular complexity index is 313. The van der Waals surface area contributed by atoms with E-state index in [9.17, 15) is 0 Å². The number of nitrogens with one attached hydrogen (secondary N) is 1. The summed E-state index contributed by atoms with van der Waals surface area (Å²) in [5, 5.41) is 3.68. The highest BCUT2D eigenvalue weighted by molar-refractivity contribution is 5.06. The van der Waals surface area contributed by atoms with E-state index in [1.54, 1.807) is 6.26 Å². The fraction of sp³-hybridized carbons (Fsp3) is 0.733. The van der Waals surface area contributed by atoms with Crippen LogP contribution < -0.4 is 5.32 Å². The lowest BCUT2D eigenvalue weighted by Crippen LogP contribution is -2.38. The zero-order chi connectivity index (χ0) is 12.8. The van der Waals surface area contributed by atoms with Gasteiger partial charge in [0.15, 0.2) is 0 Å². The first-order valence-electron chi connectivity index (χ1n) is 7.36. The van der Waals surface area contributed by atoms with Gasteiger partial charge in [-0.3, -0.25) is 4.90 Å². The van der Waals surface area contributed by atoms with Gasteiger partial charge in [-0.25, -0.2) is 0 Å². The van der Waals surface area contributed by atoms with Gasteiger partial charge in [0, 0.05) is 12.6 Å². The van der Waals surface area contributed by atoms with Crippen LogP contribution in [0.4, 0.5) is 0 Å². The molecule has 2 heterocycles. The van der Waals surface area contributed by atoms with Crippen LogP contribution in [0.15, 0.2) is 22.8 Å². The van der Waals surface area contributed by atoms with Crippen LogP contribution in [0.25, 0.3) is 0 Å². The zero-order valence-corrected chi connectivity index (χ0v) is 11.7. The molecule has 0 radical (unpaired) electrons. The van der Waals surface area contributed by atoms with E-state index in [0.717, 1.165) is 12.3 Å². The molecule has 1 aliphatic rings. The maximum atomic E-state index is 5.63. The van der Waals surface area contributed by atoms with Crippen LogP contribution in [-0.4, -0.2) is 30.6 Å². The van der Waals surface area contributed by atoms with Crippen molar-refractivity contribution >= 4 is 0 Å². The summed E-state index contributed by atoms with van der Waals surface area (Å²) in [4.78, 5) is 2.55. The molecular weight excluding hydrogens is 224 g/mol. The molecule has 102 valence electrons. The molecule has 3 nitrogen and oxygen atoms in total. The molecule has 0 saturated carbocycles. The van der Waals surface area contributed by atoms with Gasteiger partial charge in [0.05, 0.1) is 12.3 Å². The molecule has 3 heteroatoms. The van der Waals surface area contributed by atoms with Crippen molar-refractivity contribution in [2.24, 2.45) is 0 Å². The SMILES string of the molecule is CCC(CC)NCC(c1ccco1)N1CCCC1. The van der Waals surface area contributed by atoms with E-state index >= 15 is 0 Å². The molecule has 2 rings (SSSR count). The molecule has 1 aliphatic heterocycles. The van der Waals surface area contributed by atoms with Crippen molar-refractivity contribution in [2.75, 3.05) is 19.6 Å². The van der Waals surface area contributed by atoms with Crippen molar-refractivity contribution in [3.8, 4) is 0 Å². The molecule has 1 unspecified atom stereocenters. The standard InChI is InChI=1S/C15H26N2O/c1-3-13(4-2)16-12-14(15-8-7-11-18-15)17-9-5-6-10-17/h7-8,11,13-14,16H,3-6,9-10,12H2,1-2H3. The van der Waals surface area contributed by atoms with Gasteiger partial charge < -0.3 is 9.73 Å². The third-order valence-electron chi connectivity index (χ3n) is 4.04. The summed E-state index contributed by atoms with van der Waals surface area (Å²) in [6, 6.07) is 5.14. The third kappa shape index (κ3) is 3.36. The first-order chi connectivity index (χ1) is 8.85. The lowest BCUT2D eigenvalue weighted by molar-refractivity contribution is 0.203. The molecule has 1 N–H and O–H groups in total. The highest BCUT2D eigenvalue weighted by atomic mass is 16.3. The summed E-state index contributed by atoms with van der Waals surface area (Å²) in [5.74, 6) is 1.11. The molecule has 0 bridgehead atoms. The normalized spacial score (nSPS) is 18.6. The number of furan rings is 1. The Kier molecular flexibility index (Phi) is 5.26. The van der Waals surface area contributed by atoms with Crippen LogP contribution in [0, 0.1) is 0 Å². The summed E-state index contributed by atoms with van der Waals surface area (Å²) >= 11 is 0. The lowest BCUT2D eigenvalue weighted by atomic mass is 10.1. The predicted octanol–water partition coefficient (Wildman–Crippen LogP) is 3.19. The van der Waals surface area contributed by atoms with Crippen molar-refractivity contribution in [3.63, 3.8) is 0 Å². The van der Waals surface area contributed by atoms with Gasteiger partial charge in [0.25, 0.3) is 0 Å². The van der Waals surface area contributed by atoms with E-state index in [1.807, 2.05) is 6.07 Å². The Labute approximate surface area is 111 Å². The van der Waals surface area contributed by atoms with Gasteiger partial charge in [0.2, 0.25) is 0 Å². The molecule has 1 aromatic heterocycles. The lowest BCUT2D eigenvalue weighted by Gasteiger charge is -2.28. The van der Waals surface area contributed by atoms with Crippen LogP contribution in [0.2, 0.25) is 0 Å². The smallest absolute Gasteiger partial charge is 0.122 e. The van der Waals surface area contributed by atoms with E-state index in [1.165, 1.54) is 38.8 Å². The number of hydrogen-bond donors (Lipinski definition) is 1. The van der Waals surface area contributed by atoms with E-state index < -0.39 is 0 Å². The summed E-state index contributed by atoms with van der Waals surface area (Å²) in [6.07, 6.45) is 6.82. The second-order valence-electron chi connectivity index (χ2n) is 5.20. The largest absolute Gasteiger partial charge is 0.468 e. The van der Waals surface area contributed by atoms with Crippen LogP contribution in [0.1, 0.15) is 51.3 Å². The van der Waals surface area contributed by atoms with Crippen molar-refractivity contribution in [1.82, 2.24) is 10.2 Å². The first kappa shape index (κ1) is 13.6. The van der Waals surface area contributed by atoms with Crippen LogP contribution in [-0.2, 0) is 0 Å². The Morgan fingerprint density at radius 1 is 1.28 bits per heavy atom. The van der Waals surface area contributed by atoms with Crippen LogP contribution in [0.5, 0.6) is 0 Å². The Morgan fingerprint density at radius 3 is 2.56 bits per heavy atom. The zero-order valence-electron chi connectivity index (χ0n) is 11.7. The minimum absolute atomic E-state index is 0.406. The first-order valence-corrected chi connectivity index (χ1v) is 7.36. The number of hydrogen-bond acceptors (Lipinski definition) is 3. The molecule has 1 atom stereocenters. The third-order valence-corrected chi connectivity index (χ3v) is 4.04. The molecule has 1 aromatic rings. The van der Waals surface area contributed by atoms with E-state index in [-0.39, 0.29) is 0 Å². The summed E-state index contributed by atoms with van der Waals surface area (Å²) < 4.78 is 5.63. The number of nitrogens with zero attached hydrogens (tertiary/aromatic N) is 1. The summed E-state index contributed by atoms with van der Waals surface area (Å²) in [6.45, 7) is 7.91. The average molecular weight is 250 g/mol. The van der Waals surface area contributed by atoms with E-state index in [0.29, 0.717) is 12.1 Å². The highest BCUT2D eigenvalue weighted by Gasteiger charge is 2.25. The van der Waals surface area contributed by atoms with Gasteiger partial charge in [-0.2, -0.15) is 0 Å². The average Bonchev–Trinajstić information content (AvgIpc) is 3.07. The monoisotopic (exact) mass is 250 g/mol. The van der Waals surface area contributed by atoms with Gasteiger partial charge >= 0.3 is 0 Å². The quantitative estimate of drug-likeness (QED) is 0.805. The Balaban J connectivity index is 1.96. The molecule has 0 spiro atoms. The van der Waals surface area contributed by atoms with Crippen molar-refractivity contribution < 1.29 is 4.42 Å². The van der Waals surface area contributed by atoms with Gasteiger partial charge in [-0.05, 0) is 50.9 Å². The van der Waals surface area contributed by atoms with Crippen LogP contribution >= 0.6 is 0 Å². The van der Waals surface area contributed by atoms with Crippen molar-refractivity contribution in [1.29, 1.82) is 0 Å². The van der Waals surface area contributed by atoms with Crippen molar-refractivity contribution in [3.05, 3.63) is 24.2 Å². The second kappa shape index (κ2) is 6.95. The van der Waals surface area contributed by atoms with Crippen molar-refractivity contribution in [2.45, 2.75) is 51.6 Å². The highest BCUT2D eigenvalue weighted by Crippen LogP contribution is 2.25. The minimum atomic E-state index is 0.406. The van der Waals surface area contributed by atoms with E-state index in [2.05, 4.69) is 30.1 Å². The Morgan fingerprint density at radius 2 is 2.00 bits per heavy atom. The molecule has 1 saturated heterocycles. The maximum Gasteiger partial charge on any atom is 0.122 e. The summed E-state index contributed by atoms with van der Waals surface area (Å²) in [7, 11) is 0. The maximum absolute atomic E-state index is 5.63. The molecule has 18 heavy (non-hydrogen) atoms. The molecule has 1 fully saturated rings. The topological polar surface area (TPSA) is 28.4 Å². The predicted molar refractivity (Wildman–Crippen MR) is 74.6 cm³/mol. The number of rotatable bonds is 7. The number of likely N-dealkylation sites (tertiary alicyclic amines) is 1. The second-order valence-corrected chi connectivity index (χ2v) is 5.20. The van der Waals surface area contributed by atoms with Crippen LogP contribution in [0.3, 0.4) is 0 Å². The molecule has 0 aromatic carbocycles. The minimum Gasteiger partial charge on any atom is -0.468 e. The summed E-state index contributed by atoms with van der Waals surface area (Å²) in [5.41, 5.74) is 0. The molecule has 0 aliphatic carbocycles. The van der Waals surface area contributed by atoms with E-state index in [4.69, 9.17) is 4.42 Å². The van der Waals surface area contributed by atoms with Gasteiger partial charge in [-0.15, -0.1) is 0 Å². The molecular formula is C15H26N2O.